The Labute approximate surface area is 193 Å². The molecule has 0 aliphatic heterocycles. The summed E-state index contributed by atoms with van der Waals surface area (Å²) in [6.45, 7) is 6.24. The Balaban J connectivity index is 2.08. The van der Waals surface area contributed by atoms with Crippen LogP contribution in [0.3, 0.4) is 0 Å². The Bertz CT molecular complexity index is 890. The van der Waals surface area contributed by atoms with Crippen LogP contribution in [0.2, 0.25) is 0 Å². The van der Waals surface area contributed by atoms with Crippen molar-refractivity contribution >= 4 is 29.3 Å². The van der Waals surface area contributed by atoms with Gasteiger partial charge < -0.3 is 10.2 Å². The normalized spacial score (nSPS) is 12.6. The number of hydrogen-bond acceptors (Lipinski definition) is 5. The van der Waals surface area contributed by atoms with Crippen molar-refractivity contribution in [2.45, 2.75) is 58.0 Å². The highest BCUT2D eigenvalue weighted by Gasteiger charge is 2.29. The zero-order valence-electron chi connectivity index (χ0n) is 18.8. The first-order valence-electron chi connectivity index (χ1n) is 10.8. The first-order valence-corrected chi connectivity index (χ1v) is 12.0. The Morgan fingerprint density at radius 3 is 2.25 bits per heavy atom. The highest BCUT2D eigenvalue weighted by atomic mass is 32.2. The van der Waals surface area contributed by atoms with E-state index in [1.807, 2.05) is 51.1 Å². The molecule has 0 aliphatic rings. The van der Waals surface area contributed by atoms with Crippen LogP contribution >= 0.6 is 11.8 Å². The molecule has 172 valence electrons. The average molecular weight is 458 g/mol. The number of nitro benzene ring substituents is 1. The van der Waals surface area contributed by atoms with Gasteiger partial charge in [0.2, 0.25) is 11.8 Å². The van der Waals surface area contributed by atoms with E-state index in [9.17, 15) is 19.7 Å². The number of hydrogen-bond donors (Lipinski definition) is 1. The Kier molecular flexibility index (Phi) is 10.2. The van der Waals surface area contributed by atoms with E-state index in [0.717, 1.165) is 17.5 Å². The largest absolute Gasteiger partial charge is 0.352 e. The van der Waals surface area contributed by atoms with Crippen molar-refractivity contribution in [3.63, 3.8) is 0 Å². The molecule has 7 nitrogen and oxygen atoms in total. The SMILES string of the molecule is CCC(C)NC(=O)C(CC)N(Cc1ccccc1)C(=O)CSCc1ccc([N+](=O)[O-])cc1. The van der Waals surface area contributed by atoms with E-state index >= 15 is 0 Å². The number of carbonyl (C=O) groups excluding carboxylic acids is 2. The Hall–Kier alpha value is -2.87. The minimum Gasteiger partial charge on any atom is -0.352 e. The number of rotatable bonds is 12. The number of thioether (sulfide) groups is 1. The number of nitrogens with one attached hydrogen (secondary N) is 1. The van der Waals surface area contributed by atoms with Crippen molar-refractivity contribution in [1.82, 2.24) is 10.2 Å². The number of non-ortho nitro benzene ring substituents is 1. The molecule has 0 aliphatic carbocycles. The van der Waals surface area contributed by atoms with Crippen LogP contribution in [0.5, 0.6) is 0 Å². The average Bonchev–Trinajstić information content (AvgIpc) is 2.79. The second-order valence-electron chi connectivity index (χ2n) is 7.67. The van der Waals surface area contributed by atoms with Gasteiger partial charge in [-0.3, -0.25) is 19.7 Å². The molecular formula is C24H31N3O4S. The summed E-state index contributed by atoms with van der Waals surface area (Å²) in [5, 5.41) is 13.8. The van der Waals surface area contributed by atoms with E-state index < -0.39 is 11.0 Å². The number of amides is 2. The molecule has 0 saturated carbocycles. The molecule has 0 aromatic heterocycles. The van der Waals surface area contributed by atoms with E-state index in [2.05, 4.69) is 5.32 Å². The summed E-state index contributed by atoms with van der Waals surface area (Å²) in [4.78, 5) is 38.1. The zero-order chi connectivity index (χ0) is 23.5. The highest BCUT2D eigenvalue weighted by Crippen LogP contribution is 2.19. The van der Waals surface area contributed by atoms with Crippen LogP contribution in [0, 0.1) is 10.1 Å². The van der Waals surface area contributed by atoms with Crippen molar-refractivity contribution in [2.24, 2.45) is 0 Å². The van der Waals surface area contributed by atoms with E-state index in [-0.39, 0.29) is 29.3 Å². The van der Waals surface area contributed by atoms with Crippen LogP contribution in [0.25, 0.3) is 0 Å². The van der Waals surface area contributed by atoms with Crippen molar-refractivity contribution < 1.29 is 14.5 Å². The molecular weight excluding hydrogens is 426 g/mol. The summed E-state index contributed by atoms with van der Waals surface area (Å²) in [5.41, 5.74) is 1.92. The molecule has 0 bridgehead atoms. The second kappa shape index (κ2) is 12.9. The molecule has 0 radical (unpaired) electrons. The highest BCUT2D eigenvalue weighted by molar-refractivity contribution is 7.99. The summed E-state index contributed by atoms with van der Waals surface area (Å²) in [5.74, 6) is 0.536. The Morgan fingerprint density at radius 2 is 1.69 bits per heavy atom. The van der Waals surface area contributed by atoms with E-state index in [1.165, 1.54) is 23.9 Å². The summed E-state index contributed by atoms with van der Waals surface area (Å²) < 4.78 is 0. The topological polar surface area (TPSA) is 92.6 Å². The van der Waals surface area contributed by atoms with Gasteiger partial charge in [0, 0.05) is 30.5 Å². The molecule has 8 heteroatoms. The van der Waals surface area contributed by atoms with Crippen LogP contribution in [0.4, 0.5) is 5.69 Å². The van der Waals surface area contributed by atoms with E-state index in [4.69, 9.17) is 0 Å². The van der Waals surface area contributed by atoms with Crippen molar-refractivity contribution in [3.05, 3.63) is 75.8 Å². The predicted octanol–water partition coefficient (Wildman–Crippen LogP) is 4.55. The quantitative estimate of drug-likeness (QED) is 0.373. The molecule has 1 N–H and O–H groups in total. The van der Waals surface area contributed by atoms with Gasteiger partial charge in [-0.05, 0) is 30.9 Å². The number of carbonyl (C=O) groups is 2. The van der Waals surface area contributed by atoms with Crippen LogP contribution in [-0.4, -0.2) is 39.5 Å². The summed E-state index contributed by atoms with van der Waals surface area (Å²) in [6.07, 6.45) is 1.34. The minimum atomic E-state index is -0.545. The lowest BCUT2D eigenvalue weighted by atomic mass is 10.1. The number of nitrogens with zero attached hydrogens (tertiary/aromatic N) is 2. The standard InChI is InChI=1S/C24H31N3O4S/c1-4-18(3)25-24(29)22(5-2)26(15-19-9-7-6-8-10-19)23(28)17-32-16-20-11-13-21(14-12-20)27(30)31/h6-14,18,22H,4-5,15-17H2,1-3H3,(H,25,29). The van der Waals surface area contributed by atoms with Gasteiger partial charge in [0.15, 0.2) is 0 Å². The third kappa shape index (κ3) is 7.67. The third-order valence-corrected chi connectivity index (χ3v) is 6.21. The molecule has 2 aromatic rings. The molecule has 0 spiro atoms. The van der Waals surface area contributed by atoms with Crippen molar-refractivity contribution in [1.29, 1.82) is 0 Å². The maximum Gasteiger partial charge on any atom is 0.269 e. The lowest BCUT2D eigenvalue weighted by molar-refractivity contribution is -0.384. The Morgan fingerprint density at radius 1 is 1.03 bits per heavy atom. The molecule has 2 unspecified atom stereocenters. The van der Waals surface area contributed by atoms with E-state index in [1.54, 1.807) is 17.0 Å². The van der Waals surface area contributed by atoms with Gasteiger partial charge in [0.1, 0.15) is 6.04 Å². The zero-order valence-corrected chi connectivity index (χ0v) is 19.6. The monoisotopic (exact) mass is 457 g/mol. The third-order valence-electron chi connectivity index (χ3n) is 5.22. The first kappa shape index (κ1) is 25.4. The van der Waals surface area contributed by atoms with Gasteiger partial charge in [0.25, 0.3) is 5.69 Å². The van der Waals surface area contributed by atoms with Gasteiger partial charge in [0.05, 0.1) is 10.7 Å². The molecule has 2 amide bonds. The fourth-order valence-electron chi connectivity index (χ4n) is 3.19. The molecule has 2 rings (SSSR count). The summed E-state index contributed by atoms with van der Waals surface area (Å²) in [6, 6.07) is 15.5. The fraction of sp³-hybridized carbons (Fsp3) is 0.417. The minimum absolute atomic E-state index is 0.0433. The van der Waals surface area contributed by atoms with Gasteiger partial charge in [-0.2, -0.15) is 0 Å². The van der Waals surface area contributed by atoms with Gasteiger partial charge in [-0.1, -0.05) is 56.3 Å². The molecule has 0 fully saturated rings. The predicted molar refractivity (Wildman–Crippen MR) is 128 cm³/mol. The lowest BCUT2D eigenvalue weighted by Crippen LogP contribution is -2.51. The number of benzene rings is 2. The molecule has 2 aromatic carbocycles. The van der Waals surface area contributed by atoms with Gasteiger partial charge in [-0.25, -0.2) is 0 Å². The lowest BCUT2D eigenvalue weighted by Gasteiger charge is -2.31. The van der Waals surface area contributed by atoms with Gasteiger partial charge in [-0.15, -0.1) is 11.8 Å². The van der Waals surface area contributed by atoms with Crippen LogP contribution in [-0.2, 0) is 21.9 Å². The molecule has 0 saturated heterocycles. The van der Waals surface area contributed by atoms with Crippen LogP contribution < -0.4 is 5.32 Å². The smallest absolute Gasteiger partial charge is 0.269 e. The summed E-state index contributed by atoms with van der Waals surface area (Å²) >= 11 is 1.43. The van der Waals surface area contributed by atoms with Crippen LogP contribution in [0.15, 0.2) is 54.6 Å². The van der Waals surface area contributed by atoms with Gasteiger partial charge >= 0.3 is 0 Å². The molecule has 2 atom stereocenters. The van der Waals surface area contributed by atoms with Crippen molar-refractivity contribution in [3.8, 4) is 0 Å². The molecule has 32 heavy (non-hydrogen) atoms. The fourth-order valence-corrected chi connectivity index (χ4v) is 4.06. The van der Waals surface area contributed by atoms with Crippen LogP contribution in [0.1, 0.15) is 44.7 Å². The first-order chi connectivity index (χ1) is 15.3. The summed E-state index contributed by atoms with van der Waals surface area (Å²) in [7, 11) is 0. The molecule has 0 heterocycles. The maximum atomic E-state index is 13.2. The van der Waals surface area contributed by atoms with Crippen molar-refractivity contribution in [2.75, 3.05) is 5.75 Å². The number of nitro groups is 1. The second-order valence-corrected chi connectivity index (χ2v) is 8.65. The van der Waals surface area contributed by atoms with E-state index in [0.29, 0.717) is 18.7 Å². The maximum absolute atomic E-state index is 13.2.